The molecule has 0 aliphatic rings. The third-order valence-corrected chi connectivity index (χ3v) is 2.03. The summed E-state index contributed by atoms with van der Waals surface area (Å²) < 4.78 is 99.2. The minimum absolute atomic E-state index is 0.250. The van der Waals surface area contributed by atoms with Gasteiger partial charge in [0.2, 0.25) is 0 Å². The summed E-state index contributed by atoms with van der Waals surface area (Å²) in [5, 5.41) is 0. The highest BCUT2D eigenvalue weighted by Gasteiger charge is 2.39. The molecular weight excluding hydrogens is 272 g/mol. The number of benzene rings is 1. The van der Waals surface area contributed by atoms with Gasteiger partial charge < -0.3 is 0 Å². The van der Waals surface area contributed by atoms with Crippen LogP contribution in [0, 0.1) is 11.6 Å². The predicted molar refractivity (Wildman–Crippen MR) is 46.4 cm³/mol. The quantitative estimate of drug-likeness (QED) is 0.660. The Labute approximate surface area is 95.5 Å². The number of rotatable bonds is 1. The highest BCUT2D eigenvalue weighted by atomic mass is 19.4. The Morgan fingerprint density at radius 3 is 1.78 bits per heavy atom. The maximum Gasteiger partial charge on any atom is 0.419 e. The minimum atomic E-state index is -5.22. The zero-order valence-corrected chi connectivity index (χ0v) is 8.39. The van der Waals surface area contributed by atoms with Gasteiger partial charge in [0.05, 0.1) is 11.1 Å². The molecule has 0 nitrogen and oxygen atoms in total. The van der Waals surface area contributed by atoms with E-state index in [4.69, 9.17) is 0 Å². The first-order valence-corrected chi connectivity index (χ1v) is 4.27. The van der Waals surface area contributed by atoms with Gasteiger partial charge in [0, 0.05) is 11.6 Å². The van der Waals surface area contributed by atoms with Crippen molar-refractivity contribution in [2.24, 2.45) is 0 Å². The average molecular weight is 276 g/mol. The average Bonchev–Trinajstić information content (AvgIpc) is 2.13. The molecule has 0 bridgehead atoms. The lowest BCUT2D eigenvalue weighted by Crippen LogP contribution is -2.14. The largest absolute Gasteiger partial charge is 0.419 e. The van der Waals surface area contributed by atoms with E-state index in [0.717, 1.165) is 0 Å². The van der Waals surface area contributed by atoms with Crippen molar-refractivity contribution >= 4 is 5.57 Å². The first kappa shape index (κ1) is 14.5. The van der Waals surface area contributed by atoms with Crippen molar-refractivity contribution in [1.82, 2.24) is 0 Å². The van der Waals surface area contributed by atoms with Crippen molar-refractivity contribution in [1.29, 1.82) is 0 Å². The van der Waals surface area contributed by atoms with E-state index < -0.39 is 40.7 Å². The van der Waals surface area contributed by atoms with E-state index in [2.05, 4.69) is 6.58 Å². The van der Waals surface area contributed by atoms with Crippen LogP contribution >= 0.6 is 0 Å². The number of allylic oxidation sites excluding steroid dienone is 1. The second-order valence-electron chi connectivity index (χ2n) is 3.29. The fourth-order valence-electron chi connectivity index (χ4n) is 1.15. The molecular formula is C10H4F8. The summed E-state index contributed by atoms with van der Waals surface area (Å²) in [5.74, 6) is -3.75. The first-order valence-electron chi connectivity index (χ1n) is 4.27. The Morgan fingerprint density at radius 1 is 0.889 bits per heavy atom. The number of alkyl halides is 6. The van der Waals surface area contributed by atoms with Crippen LogP contribution in [0.15, 0.2) is 18.7 Å². The molecule has 0 radical (unpaired) electrons. The van der Waals surface area contributed by atoms with Gasteiger partial charge in [0.1, 0.15) is 11.6 Å². The summed E-state index contributed by atoms with van der Waals surface area (Å²) in [6, 6.07) is -0.504. The molecule has 0 atom stereocenters. The lowest BCUT2D eigenvalue weighted by Gasteiger charge is -2.14. The van der Waals surface area contributed by atoms with E-state index in [-0.39, 0.29) is 12.1 Å². The third kappa shape index (κ3) is 2.80. The van der Waals surface area contributed by atoms with Crippen LogP contribution < -0.4 is 0 Å². The van der Waals surface area contributed by atoms with Gasteiger partial charge in [0.25, 0.3) is 0 Å². The van der Waals surface area contributed by atoms with E-state index in [0.29, 0.717) is 0 Å². The van der Waals surface area contributed by atoms with Crippen LogP contribution in [0.4, 0.5) is 35.1 Å². The van der Waals surface area contributed by atoms with Crippen LogP contribution in [0.1, 0.15) is 11.1 Å². The maximum atomic E-state index is 13.0. The molecule has 0 aliphatic carbocycles. The molecule has 0 heterocycles. The number of hydrogen-bond donors (Lipinski definition) is 0. The molecule has 100 valence electrons. The molecule has 8 heteroatoms. The Hall–Kier alpha value is -1.60. The molecule has 0 fully saturated rings. The molecule has 18 heavy (non-hydrogen) atoms. The van der Waals surface area contributed by atoms with Gasteiger partial charge in [-0.15, -0.1) is 0 Å². The molecule has 0 saturated heterocycles. The number of halogens is 8. The van der Waals surface area contributed by atoms with Gasteiger partial charge in [-0.2, -0.15) is 26.3 Å². The lowest BCUT2D eigenvalue weighted by molar-refractivity contribution is -0.140. The highest BCUT2D eigenvalue weighted by molar-refractivity contribution is 5.68. The van der Waals surface area contributed by atoms with Crippen LogP contribution in [0.3, 0.4) is 0 Å². The fraction of sp³-hybridized carbons (Fsp3) is 0.200. The standard InChI is InChI=1S/C10H4F8/c1-4(9(13,14)15)5-2-6(10(16,17)18)8(12)3-7(5)11/h2-3H,1H2. The van der Waals surface area contributed by atoms with Crippen molar-refractivity contribution in [3.05, 3.63) is 41.5 Å². The Balaban J connectivity index is 3.44. The molecule has 0 N–H and O–H groups in total. The van der Waals surface area contributed by atoms with Crippen LogP contribution in [-0.4, -0.2) is 6.18 Å². The molecule has 0 aromatic heterocycles. The van der Waals surface area contributed by atoms with E-state index in [1.807, 2.05) is 0 Å². The summed E-state index contributed by atoms with van der Waals surface area (Å²) in [7, 11) is 0. The molecule has 1 aromatic rings. The maximum absolute atomic E-state index is 13.0. The molecule has 0 amide bonds. The monoisotopic (exact) mass is 276 g/mol. The topological polar surface area (TPSA) is 0 Å². The summed E-state index contributed by atoms with van der Waals surface area (Å²) in [6.07, 6.45) is -10.3. The van der Waals surface area contributed by atoms with Gasteiger partial charge in [0.15, 0.2) is 0 Å². The normalized spacial score (nSPS) is 12.7. The Morgan fingerprint density at radius 2 is 1.39 bits per heavy atom. The molecule has 0 spiro atoms. The van der Waals surface area contributed by atoms with E-state index in [1.54, 1.807) is 0 Å². The van der Waals surface area contributed by atoms with Crippen LogP contribution in [-0.2, 0) is 6.18 Å². The van der Waals surface area contributed by atoms with Gasteiger partial charge in [-0.1, -0.05) is 6.58 Å². The molecule has 0 saturated carbocycles. The zero-order valence-electron chi connectivity index (χ0n) is 8.39. The van der Waals surface area contributed by atoms with Crippen molar-refractivity contribution < 1.29 is 35.1 Å². The SMILES string of the molecule is C=C(c1cc(C(F)(F)F)c(F)cc1F)C(F)(F)F. The molecule has 1 aromatic carbocycles. The van der Waals surface area contributed by atoms with E-state index in [1.165, 1.54) is 0 Å². The van der Waals surface area contributed by atoms with Gasteiger partial charge in [-0.25, -0.2) is 8.78 Å². The lowest BCUT2D eigenvalue weighted by atomic mass is 10.0. The minimum Gasteiger partial charge on any atom is -0.206 e. The zero-order chi connectivity index (χ0) is 14.3. The second kappa shape index (κ2) is 4.25. The van der Waals surface area contributed by atoms with E-state index >= 15 is 0 Å². The smallest absolute Gasteiger partial charge is 0.206 e. The first-order chi connectivity index (χ1) is 7.94. The van der Waals surface area contributed by atoms with Crippen molar-refractivity contribution in [2.75, 3.05) is 0 Å². The predicted octanol–water partition coefficient (Wildman–Crippen LogP) is 4.56. The number of hydrogen-bond acceptors (Lipinski definition) is 0. The van der Waals surface area contributed by atoms with Gasteiger partial charge in [-0.3, -0.25) is 0 Å². The van der Waals surface area contributed by atoms with Crippen LogP contribution in [0.5, 0.6) is 0 Å². The fourth-order valence-corrected chi connectivity index (χ4v) is 1.15. The van der Waals surface area contributed by atoms with Crippen LogP contribution in [0.2, 0.25) is 0 Å². The molecule has 1 rings (SSSR count). The molecule has 0 aliphatic heterocycles. The summed E-state index contributed by atoms with van der Waals surface area (Å²) in [6.45, 7) is 2.46. The third-order valence-electron chi connectivity index (χ3n) is 2.03. The molecule has 0 unspecified atom stereocenters. The van der Waals surface area contributed by atoms with Gasteiger partial charge in [-0.05, 0) is 6.07 Å². The Kier molecular flexibility index (Phi) is 3.42. The highest BCUT2D eigenvalue weighted by Crippen LogP contribution is 2.38. The Bertz CT molecular complexity index is 480. The van der Waals surface area contributed by atoms with Crippen LogP contribution in [0.25, 0.3) is 5.57 Å². The summed E-state index contributed by atoms with van der Waals surface area (Å²) >= 11 is 0. The van der Waals surface area contributed by atoms with E-state index in [9.17, 15) is 35.1 Å². The summed E-state index contributed by atoms with van der Waals surface area (Å²) in [4.78, 5) is 0. The van der Waals surface area contributed by atoms with Crippen molar-refractivity contribution in [3.8, 4) is 0 Å². The summed E-state index contributed by atoms with van der Waals surface area (Å²) in [5.41, 5.74) is -5.23. The second-order valence-corrected chi connectivity index (χ2v) is 3.29. The van der Waals surface area contributed by atoms with Gasteiger partial charge >= 0.3 is 12.4 Å². The van der Waals surface area contributed by atoms with Crippen molar-refractivity contribution in [2.45, 2.75) is 12.4 Å². The van der Waals surface area contributed by atoms with Crippen molar-refractivity contribution in [3.63, 3.8) is 0 Å².